The molecule has 0 bridgehead atoms. The van der Waals surface area contributed by atoms with Gasteiger partial charge >= 0.3 is 0 Å². The minimum Gasteiger partial charge on any atom is -0.495 e. The highest BCUT2D eigenvalue weighted by Crippen LogP contribution is 2.28. The Hall–Kier alpha value is -1.19. The molecule has 4 heteroatoms. The van der Waals surface area contributed by atoms with Crippen molar-refractivity contribution in [1.29, 1.82) is 0 Å². The molecule has 0 aliphatic rings. The van der Waals surface area contributed by atoms with Gasteiger partial charge in [0, 0.05) is 22.8 Å². The molecule has 0 fully saturated rings. The zero-order valence-corrected chi connectivity index (χ0v) is 13.2. The van der Waals surface area contributed by atoms with E-state index in [1.165, 1.54) is 11.1 Å². The molecule has 0 aliphatic carbocycles. The van der Waals surface area contributed by atoms with Crippen molar-refractivity contribution in [2.45, 2.75) is 13.5 Å². The van der Waals surface area contributed by atoms with E-state index in [0.29, 0.717) is 10.8 Å². The fourth-order valence-electron chi connectivity index (χ4n) is 1.76. The van der Waals surface area contributed by atoms with E-state index in [1.807, 2.05) is 18.2 Å². The molecule has 0 saturated heterocycles. The maximum Gasteiger partial charge on any atom is 0.139 e. The van der Waals surface area contributed by atoms with Crippen molar-refractivity contribution in [1.82, 2.24) is 0 Å². The summed E-state index contributed by atoms with van der Waals surface area (Å²) in [5.74, 6) is 0.676. The maximum atomic E-state index is 6.00. The van der Waals surface area contributed by atoms with Gasteiger partial charge in [0.1, 0.15) is 5.75 Å². The smallest absolute Gasteiger partial charge is 0.139 e. The Morgan fingerprint density at radius 2 is 2.00 bits per heavy atom. The van der Waals surface area contributed by atoms with Crippen molar-refractivity contribution in [2.24, 2.45) is 0 Å². The molecule has 2 rings (SSSR count). The summed E-state index contributed by atoms with van der Waals surface area (Å²) in [5.41, 5.74) is 3.43. The number of halogens is 2. The van der Waals surface area contributed by atoms with Crippen LogP contribution in [0.2, 0.25) is 5.02 Å². The van der Waals surface area contributed by atoms with Crippen molar-refractivity contribution in [3.8, 4) is 5.75 Å². The average molecular weight is 341 g/mol. The fourth-order valence-corrected chi connectivity index (χ4v) is 2.59. The number of hydrogen-bond acceptors (Lipinski definition) is 2. The summed E-state index contributed by atoms with van der Waals surface area (Å²) in [4.78, 5) is 0. The van der Waals surface area contributed by atoms with E-state index in [1.54, 1.807) is 7.11 Å². The third-order valence-corrected chi connectivity index (χ3v) is 3.89. The summed E-state index contributed by atoms with van der Waals surface area (Å²) in [7, 11) is 1.61. The number of methoxy groups -OCH3 is 1. The molecule has 0 spiro atoms. The first-order valence-corrected chi connectivity index (χ1v) is 7.09. The normalized spacial score (nSPS) is 10.3. The molecule has 100 valence electrons. The van der Waals surface area contributed by atoms with E-state index in [-0.39, 0.29) is 0 Å². The van der Waals surface area contributed by atoms with Gasteiger partial charge < -0.3 is 10.1 Å². The fraction of sp³-hybridized carbons (Fsp3) is 0.200. The molecule has 0 heterocycles. The maximum absolute atomic E-state index is 6.00. The second-order valence-electron chi connectivity index (χ2n) is 4.30. The number of nitrogens with one attached hydrogen (secondary N) is 1. The van der Waals surface area contributed by atoms with E-state index >= 15 is 0 Å². The number of ether oxygens (including phenoxy) is 1. The molecule has 0 unspecified atom stereocenters. The van der Waals surface area contributed by atoms with Crippen LogP contribution in [0.3, 0.4) is 0 Å². The second kappa shape index (κ2) is 6.31. The van der Waals surface area contributed by atoms with Crippen LogP contribution in [0.4, 0.5) is 5.69 Å². The van der Waals surface area contributed by atoms with Gasteiger partial charge in [-0.1, -0.05) is 39.7 Å². The average Bonchev–Trinajstić information content (AvgIpc) is 2.39. The molecule has 2 aromatic rings. The molecule has 2 nitrogen and oxygen atoms in total. The summed E-state index contributed by atoms with van der Waals surface area (Å²) >= 11 is 9.57. The van der Waals surface area contributed by atoms with Crippen molar-refractivity contribution in [3.05, 3.63) is 57.0 Å². The lowest BCUT2D eigenvalue weighted by molar-refractivity contribution is 0.415. The van der Waals surface area contributed by atoms with Gasteiger partial charge in [-0.3, -0.25) is 0 Å². The number of hydrogen-bond donors (Lipinski definition) is 1. The van der Waals surface area contributed by atoms with Gasteiger partial charge in [0.05, 0.1) is 12.1 Å². The summed E-state index contributed by atoms with van der Waals surface area (Å²) in [6, 6.07) is 12.0. The van der Waals surface area contributed by atoms with E-state index in [0.717, 1.165) is 16.7 Å². The number of anilines is 1. The number of aryl methyl sites for hydroxylation is 1. The molecule has 0 amide bonds. The van der Waals surface area contributed by atoms with Crippen LogP contribution < -0.4 is 10.1 Å². The lowest BCUT2D eigenvalue weighted by atomic mass is 10.1. The molecule has 0 radical (unpaired) electrons. The van der Waals surface area contributed by atoms with Crippen molar-refractivity contribution >= 4 is 33.2 Å². The second-order valence-corrected chi connectivity index (χ2v) is 5.56. The Labute approximate surface area is 126 Å². The van der Waals surface area contributed by atoms with E-state index < -0.39 is 0 Å². The first kappa shape index (κ1) is 14.2. The minimum atomic E-state index is 0.615. The quantitative estimate of drug-likeness (QED) is 0.842. The topological polar surface area (TPSA) is 21.3 Å². The highest BCUT2D eigenvalue weighted by molar-refractivity contribution is 9.10. The summed E-state index contributed by atoms with van der Waals surface area (Å²) < 4.78 is 6.31. The zero-order valence-electron chi connectivity index (χ0n) is 10.8. The lowest BCUT2D eigenvalue weighted by Crippen LogP contribution is -2.00. The van der Waals surface area contributed by atoms with Crippen molar-refractivity contribution in [2.75, 3.05) is 12.4 Å². The Morgan fingerprint density at radius 1 is 1.21 bits per heavy atom. The Kier molecular flexibility index (Phi) is 4.72. The molecule has 19 heavy (non-hydrogen) atoms. The van der Waals surface area contributed by atoms with Crippen LogP contribution in [0.25, 0.3) is 0 Å². The molecule has 0 atom stereocenters. The van der Waals surface area contributed by atoms with Crippen molar-refractivity contribution < 1.29 is 4.74 Å². The largest absolute Gasteiger partial charge is 0.495 e. The summed E-state index contributed by atoms with van der Waals surface area (Å²) in [5, 5.41) is 3.97. The molecule has 2 aromatic carbocycles. The minimum absolute atomic E-state index is 0.615. The number of rotatable bonds is 4. The standard InChI is InChI=1S/C15H15BrClNO/c1-10-3-4-11(13(16)7-10)9-18-12-5-6-14(17)15(8-12)19-2/h3-8,18H,9H2,1-2H3. The van der Waals surface area contributed by atoms with Crippen LogP contribution in [0, 0.1) is 6.92 Å². The van der Waals surface area contributed by atoms with Crippen LogP contribution in [0.1, 0.15) is 11.1 Å². The third-order valence-electron chi connectivity index (χ3n) is 2.84. The van der Waals surface area contributed by atoms with Gasteiger partial charge in [0.15, 0.2) is 0 Å². The Balaban J connectivity index is 2.10. The Bertz CT molecular complexity index is 586. The Morgan fingerprint density at radius 3 is 2.68 bits per heavy atom. The van der Waals surface area contributed by atoms with Gasteiger partial charge in [0.2, 0.25) is 0 Å². The van der Waals surface area contributed by atoms with E-state index in [2.05, 4.69) is 46.4 Å². The number of benzene rings is 2. The van der Waals surface area contributed by atoms with Gasteiger partial charge in [-0.2, -0.15) is 0 Å². The van der Waals surface area contributed by atoms with E-state index in [4.69, 9.17) is 16.3 Å². The molecule has 0 aromatic heterocycles. The SMILES string of the molecule is COc1cc(NCc2ccc(C)cc2Br)ccc1Cl. The monoisotopic (exact) mass is 339 g/mol. The van der Waals surface area contributed by atoms with Crippen LogP contribution in [0.15, 0.2) is 40.9 Å². The summed E-state index contributed by atoms with van der Waals surface area (Å²) in [6.45, 7) is 2.82. The van der Waals surface area contributed by atoms with Crippen LogP contribution >= 0.6 is 27.5 Å². The van der Waals surface area contributed by atoms with Crippen LogP contribution in [0.5, 0.6) is 5.75 Å². The molecular weight excluding hydrogens is 326 g/mol. The predicted octanol–water partition coefficient (Wildman–Crippen LogP) is 5.03. The highest BCUT2D eigenvalue weighted by Gasteiger charge is 2.03. The highest BCUT2D eigenvalue weighted by atomic mass is 79.9. The van der Waals surface area contributed by atoms with Crippen LogP contribution in [-0.4, -0.2) is 7.11 Å². The molecule has 0 aliphatic heterocycles. The first-order valence-electron chi connectivity index (χ1n) is 5.92. The first-order chi connectivity index (χ1) is 9.10. The predicted molar refractivity (Wildman–Crippen MR) is 84.2 cm³/mol. The lowest BCUT2D eigenvalue weighted by Gasteiger charge is -2.11. The van der Waals surface area contributed by atoms with Crippen LogP contribution in [-0.2, 0) is 6.54 Å². The van der Waals surface area contributed by atoms with Gasteiger partial charge in [-0.15, -0.1) is 0 Å². The third kappa shape index (κ3) is 3.64. The van der Waals surface area contributed by atoms with Gasteiger partial charge in [-0.05, 0) is 36.2 Å². The van der Waals surface area contributed by atoms with E-state index in [9.17, 15) is 0 Å². The van der Waals surface area contributed by atoms with Gasteiger partial charge in [-0.25, -0.2) is 0 Å². The summed E-state index contributed by atoms with van der Waals surface area (Å²) in [6.07, 6.45) is 0. The molecule has 0 saturated carbocycles. The molecular formula is C15H15BrClNO. The van der Waals surface area contributed by atoms with Crippen molar-refractivity contribution in [3.63, 3.8) is 0 Å². The van der Waals surface area contributed by atoms with Gasteiger partial charge in [0.25, 0.3) is 0 Å². The molecule has 1 N–H and O–H groups in total. The zero-order chi connectivity index (χ0) is 13.8.